The maximum absolute atomic E-state index is 12.2. The second kappa shape index (κ2) is 11.0. The quantitative estimate of drug-likeness (QED) is 0.465. The first-order valence-electron chi connectivity index (χ1n) is 10.8. The number of rotatable bonds is 9. The Morgan fingerprint density at radius 1 is 1.14 bits per heavy atom. The molecule has 2 fully saturated rings. The van der Waals surface area contributed by atoms with Crippen LogP contribution in [0.5, 0.6) is 0 Å². The largest absolute Gasteiger partial charge is 0.393 e. The van der Waals surface area contributed by atoms with Gasteiger partial charge in [-0.05, 0) is 38.4 Å². The van der Waals surface area contributed by atoms with Crippen LogP contribution in [0.4, 0.5) is 0 Å². The molecule has 1 aliphatic carbocycles. The molecule has 1 aromatic heterocycles. The Balaban J connectivity index is 1.36. The Hall–Kier alpha value is -1.61. The summed E-state index contributed by atoms with van der Waals surface area (Å²) in [6.45, 7) is 1.75. The van der Waals surface area contributed by atoms with E-state index in [1.54, 1.807) is 16.7 Å². The van der Waals surface area contributed by atoms with Gasteiger partial charge in [-0.3, -0.25) is 9.59 Å². The topological polar surface area (TPSA) is 100 Å². The SMILES string of the molecule is CSc1nnc(CCCNC(=O)CCC(=O)N2CCC(O)CC2)n1C1CCCC1. The van der Waals surface area contributed by atoms with Gasteiger partial charge in [-0.25, -0.2) is 0 Å². The lowest BCUT2D eigenvalue weighted by molar-refractivity contribution is -0.135. The number of aromatic nitrogens is 3. The molecule has 8 nitrogen and oxygen atoms in total. The minimum absolute atomic E-state index is 0.00121. The number of carbonyl (C=O) groups is 2. The minimum atomic E-state index is -0.297. The third-order valence-corrected chi connectivity index (χ3v) is 6.53. The average Bonchev–Trinajstić information content (AvgIpc) is 3.39. The van der Waals surface area contributed by atoms with Gasteiger partial charge >= 0.3 is 0 Å². The van der Waals surface area contributed by atoms with Crippen LogP contribution in [0.2, 0.25) is 0 Å². The highest BCUT2D eigenvalue weighted by Gasteiger charge is 2.24. The molecule has 1 saturated carbocycles. The molecule has 2 heterocycles. The Labute approximate surface area is 176 Å². The van der Waals surface area contributed by atoms with Gasteiger partial charge < -0.3 is 19.9 Å². The summed E-state index contributed by atoms with van der Waals surface area (Å²) in [5.74, 6) is 0.928. The van der Waals surface area contributed by atoms with Gasteiger partial charge in [-0.1, -0.05) is 24.6 Å². The van der Waals surface area contributed by atoms with Gasteiger partial charge in [0.1, 0.15) is 5.82 Å². The van der Waals surface area contributed by atoms with E-state index in [4.69, 9.17) is 0 Å². The highest BCUT2D eigenvalue weighted by molar-refractivity contribution is 7.98. The number of aliphatic hydroxyl groups is 1. The summed E-state index contributed by atoms with van der Waals surface area (Å²) in [5.41, 5.74) is 0. The van der Waals surface area contributed by atoms with E-state index in [1.807, 2.05) is 6.26 Å². The lowest BCUT2D eigenvalue weighted by Gasteiger charge is -2.29. The molecule has 0 atom stereocenters. The molecule has 1 aliphatic heterocycles. The van der Waals surface area contributed by atoms with E-state index in [0.717, 1.165) is 23.8 Å². The van der Waals surface area contributed by atoms with E-state index in [1.165, 1.54) is 25.7 Å². The molecule has 1 saturated heterocycles. The summed E-state index contributed by atoms with van der Waals surface area (Å²) in [6.07, 6.45) is 9.96. The first kappa shape index (κ1) is 22.1. The van der Waals surface area contributed by atoms with Gasteiger partial charge in [-0.15, -0.1) is 10.2 Å². The Morgan fingerprint density at radius 2 is 1.86 bits per heavy atom. The van der Waals surface area contributed by atoms with Crippen LogP contribution in [0, 0.1) is 0 Å². The molecule has 1 aromatic rings. The summed E-state index contributed by atoms with van der Waals surface area (Å²) < 4.78 is 2.30. The van der Waals surface area contributed by atoms with Gasteiger partial charge in [0.15, 0.2) is 5.16 Å². The fraction of sp³-hybridized carbons (Fsp3) is 0.800. The average molecular weight is 424 g/mol. The molecule has 162 valence electrons. The highest BCUT2D eigenvalue weighted by Crippen LogP contribution is 2.33. The van der Waals surface area contributed by atoms with Crippen molar-refractivity contribution >= 4 is 23.6 Å². The van der Waals surface area contributed by atoms with Crippen LogP contribution in [0.25, 0.3) is 0 Å². The van der Waals surface area contributed by atoms with Crippen LogP contribution < -0.4 is 5.32 Å². The predicted molar refractivity (Wildman–Crippen MR) is 112 cm³/mol. The third-order valence-electron chi connectivity index (χ3n) is 5.89. The molecule has 2 amide bonds. The number of thioether (sulfide) groups is 1. The van der Waals surface area contributed by atoms with Crippen molar-refractivity contribution in [3.63, 3.8) is 0 Å². The van der Waals surface area contributed by atoms with Crippen molar-refractivity contribution in [1.29, 1.82) is 0 Å². The van der Waals surface area contributed by atoms with Crippen LogP contribution in [0.1, 0.15) is 69.7 Å². The number of hydrogen-bond acceptors (Lipinski definition) is 6. The van der Waals surface area contributed by atoms with Crippen molar-refractivity contribution in [3.05, 3.63) is 5.82 Å². The normalized spacial score (nSPS) is 18.3. The van der Waals surface area contributed by atoms with Crippen LogP contribution in [0.15, 0.2) is 5.16 Å². The van der Waals surface area contributed by atoms with E-state index in [-0.39, 0.29) is 30.8 Å². The smallest absolute Gasteiger partial charge is 0.223 e. The number of aryl methyl sites for hydroxylation is 1. The monoisotopic (exact) mass is 423 g/mol. The lowest BCUT2D eigenvalue weighted by atomic mass is 10.1. The Bertz CT molecular complexity index is 682. The fourth-order valence-corrected chi connectivity index (χ4v) is 4.78. The number of hydrogen-bond donors (Lipinski definition) is 2. The molecule has 0 unspecified atom stereocenters. The van der Waals surface area contributed by atoms with Crippen molar-refractivity contribution in [2.24, 2.45) is 0 Å². The number of likely N-dealkylation sites (tertiary alicyclic amines) is 1. The van der Waals surface area contributed by atoms with Crippen LogP contribution in [-0.4, -0.2) is 68.6 Å². The van der Waals surface area contributed by atoms with E-state index < -0.39 is 0 Å². The first-order valence-corrected chi connectivity index (χ1v) is 12.0. The standard InChI is InChI=1S/C20H33N5O3S/c1-29-20-23-22-17(25(20)15-5-2-3-6-15)7-4-12-21-18(27)8-9-19(28)24-13-10-16(26)11-14-24/h15-16,26H,2-14H2,1H3,(H,21,27). The number of piperidine rings is 1. The van der Waals surface area contributed by atoms with Crippen LogP contribution in [-0.2, 0) is 16.0 Å². The second-order valence-corrected chi connectivity index (χ2v) is 8.75. The van der Waals surface area contributed by atoms with Crippen molar-refractivity contribution in [1.82, 2.24) is 25.0 Å². The molecule has 29 heavy (non-hydrogen) atoms. The van der Waals surface area contributed by atoms with Crippen molar-refractivity contribution in [3.8, 4) is 0 Å². The van der Waals surface area contributed by atoms with Gasteiger partial charge in [0.25, 0.3) is 0 Å². The van der Waals surface area contributed by atoms with Gasteiger partial charge in [-0.2, -0.15) is 0 Å². The summed E-state index contributed by atoms with van der Waals surface area (Å²) in [6, 6.07) is 0.513. The zero-order chi connectivity index (χ0) is 20.6. The molecule has 0 bridgehead atoms. The predicted octanol–water partition coefficient (Wildman–Crippen LogP) is 1.93. The molecule has 0 spiro atoms. The Morgan fingerprint density at radius 3 is 2.55 bits per heavy atom. The van der Waals surface area contributed by atoms with Crippen LogP contribution in [0.3, 0.4) is 0 Å². The summed E-state index contributed by atoms with van der Waals surface area (Å²) >= 11 is 1.64. The number of amides is 2. The molecule has 2 N–H and O–H groups in total. The zero-order valence-corrected chi connectivity index (χ0v) is 18.1. The minimum Gasteiger partial charge on any atom is -0.393 e. The molecular formula is C20H33N5O3S. The Kier molecular flexibility index (Phi) is 8.35. The van der Waals surface area contributed by atoms with Crippen molar-refractivity contribution in [2.45, 2.75) is 81.5 Å². The molecule has 0 aromatic carbocycles. The summed E-state index contributed by atoms with van der Waals surface area (Å²) in [4.78, 5) is 26.0. The molecular weight excluding hydrogens is 390 g/mol. The second-order valence-electron chi connectivity index (χ2n) is 7.98. The number of aliphatic hydroxyl groups excluding tert-OH is 1. The van der Waals surface area contributed by atoms with Crippen molar-refractivity contribution in [2.75, 3.05) is 25.9 Å². The maximum Gasteiger partial charge on any atom is 0.223 e. The number of nitrogens with zero attached hydrogens (tertiary/aromatic N) is 4. The van der Waals surface area contributed by atoms with Gasteiger partial charge in [0.05, 0.1) is 6.10 Å². The number of nitrogens with one attached hydrogen (secondary N) is 1. The maximum atomic E-state index is 12.2. The fourth-order valence-electron chi connectivity index (χ4n) is 4.20. The van der Waals surface area contributed by atoms with Crippen LogP contribution >= 0.6 is 11.8 Å². The van der Waals surface area contributed by atoms with Gasteiger partial charge in [0.2, 0.25) is 11.8 Å². The zero-order valence-electron chi connectivity index (χ0n) is 17.3. The van der Waals surface area contributed by atoms with Crippen molar-refractivity contribution < 1.29 is 14.7 Å². The highest BCUT2D eigenvalue weighted by atomic mass is 32.2. The van der Waals surface area contributed by atoms with E-state index in [2.05, 4.69) is 20.1 Å². The van der Waals surface area contributed by atoms with E-state index >= 15 is 0 Å². The lowest BCUT2D eigenvalue weighted by Crippen LogP contribution is -2.40. The molecule has 3 rings (SSSR count). The summed E-state index contributed by atoms with van der Waals surface area (Å²) in [5, 5.41) is 22.1. The van der Waals surface area contributed by atoms with E-state index in [0.29, 0.717) is 38.5 Å². The first-order chi connectivity index (χ1) is 14.1. The van der Waals surface area contributed by atoms with E-state index in [9.17, 15) is 14.7 Å². The van der Waals surface area contributed by atoms with Gasteiger partial charge in [0, 0.05) is 44.9 Å². The third kappa shape index (κ3) is 6.18. The summed E-state index contributed by atoms with van der Waals surface area (Å²) in [7, 11) is 0. The molecule has 0 radical (unpaired) electrons. The number of carbonyl (C=O) groups excluding carboxylic acids is 2. The molecule has 9 heteroatoms. The molecule has 2 aliphatic rings.